The highest BCUT2D eigenvalue weighted by atomic mass is 35.5. The number of hydrogen-bond acceptors (Lipinski definition) is 6. The molecule has 1 aromatic heterocycles. The summed E-state index contributed by atoms with van der Waals surface area (Å²) in [6.45, 7) is 0. The summed E-state index contributed by atoms with van der Waals surface area (Å²) in [6, 6.07) is 4.50. The van der Waals surface area contributed by atoms with Crippen molar-refractivity contribution in [1.82, 2.24) is 0 Å². The zero-order chi connectivity index (χ0) is 19.7. The fourth-order valence-electron chi connectivity index (χ4n) is 3.08. The summed E-state index contributed by atoms with van der Waals surface area (Å²) in [5.74, 6) is -2.09. The maximum absolute atomic E-state index is 12.6. The van der Waals surface area contributed by atoms with Crippen molar-refractivity contribution >= 4 is 57.4 Å². The number of fused-ring (bicyclic) bond motifs is 1. The lowest BCUT2D eigenvalue weighted by atomic mass is 9.99. The monoisotopic (exact) mass is 427 g/mol. The van der Waals surface area contributed by atoms with E-state index >= 15 is 0 Å². The van der Waals surface area contributed by atoms with Crippen molar-refractivity contribution < 1.29 is 23.9 Å². The first-order valence-corrected chi connectivity index (χ1v) is 9.52. The highest BCUT2D eigenvalue weighted by Gasteiger charge is 2.38. The van der Waals surface area contributed by atoms with Crippen LogP contribution >= 0.6 is 34.5 Å². The molecule has 1 aliphatic rings. The summed E-state index contributed by atoms with van der Waals surface area (Å²) < 4.78 is 9.71. The van der Waals surface area contributed by atoms with Crippen molar-refractivity contribution in [3.8, 4) is 0 Å². The lowest BCUT2D eigenvalue weighted by Crippen LogP contribution is -2.18. The third kappa shape index (κ3) is 3.67. The van der Waals surface area contributed by atoms with Gasteiger partial charge in [0.25, 0.3) is 5.91 Å². The van der Waals surface area contributed by atoms with Crippen molar-refractivity contribution in [2.75, 3.05) is 19.5 Å². The number of anilines is 1. The number of rotatable bonds is 4. The molecule has 1 heterocycles. The lowest BCUT2D eigenvalue weighted by Gasteiger charge is -2.12. The van der Waals surface area contributed by atoms with Crippen LogP contribution in [0.5, 0.6) is 0 Å². The average molecular weight is 428 g/mol. The molecule has 0 unspecified atom stereocenters. The number of ether oxygens (including phenoxy) is 2. The second-order valence-corrected chi connectivity index (χ2v) is 7.78. The molecule has 27 heavy (non-hydrogen) atoms. The van der Waals surface area contributed by atoms with Crippen LogP contribution in [-0.2, 0) is 20.7 Å². The molecule has 3 rings (SSSR count). The molecule has 1 aliphatic carbocycles. The Labute approximate surface area is 169 Å². The van der Waals surface area contributed by atoms with Crippen LogP contribution in [0.1, 0.15) is 43.5 Å². The van der Waals surface area contributed by atoms with Crippen molar-refractivity contribution in [1.29, 1.82) is 0 Å². The number of hydrogen-bond donors (Lipinski definition) is 1. The number of esters is 2. The predicted octanol–water partition coefficient (Wildman–Crippen LogP) is 4.30. The Morgan fingerprint density at radius 1 is 1.19 bits per heavy atom. The summed E-state index contributed by atoms with van der Waals surface area (Å²) >= 11 is 13.2. The predicted molar refractivity (Wildman–Crippen MR) is 103 cm³/mol. The Morgan fingerprint density at radius 2 is 1.93 bits per heavy atom. The molecule has 0 radical (unpaired) electrons. The molecule has 1 aromatic carbocycles. The fraction of sp³-hybridized carbons (Fsp3) is 0.278. The summed E-state index contributed by atoms with van der Waals surface area (Å²) in [5.41, 5.74) is 0.968. The van der Waals surface area contributed by atoms with Gasteiger partial charge in [-0.2, -0.15) is 0 Å². The van der Waals surface area contributed by atoms with Crippen molar-refractivity contribution in [3.05, 3.63) is 49.8 Å². The Bertz CT molecular complexity index is 940. The summed E-state index contributed by atoms with van der Waals surface area (Å²) in [7, 11) is 2.55. The minimum Gasteiger partial charge on any atom is -0.469 e. The number of carbonyl (C=O) groups excluding carboxylic acids is 3. The van der Waals surface area contributed by atoms with Crippen LogP contribution in [-0.4, -0.2) is 32.1 Å². The van der Waals surface area contributed by atoms with E-state index in [-0.39, 0.29) is 16.1 Å². The number of benzene rings is 1. The van der Waals surface area contributed by atoms with Gasteiger partial charge in [0.1, 0.15) is 5.00 Å². The van der Waals surface area contributed by atoms with Crippen molar-refractivity contribution in [2.45, 2.75) is 18.8 Å². The number of aryl methyl sites for hydroxylation is 1. The molecular formula is C18H15Cl2NO5S. The van der Waals surface area contributed by atoms with E-state index in [9.17, 15) is 14.4 Å². The highest BCUT2D eigenvalue weighted by molar-refractivity contribution is 7.17. The Kier molecular flexibility index (Phi) is 5.74. The standard InChI is InChI=1S/C18H15Cl2NO5S/c1-25-17(23)10-5-6-12-13(10)14(18(24)26-2)16(27-12)21-15(22)9-4-3-8(19)7-11(9)20/h3-4,7,10H,5-6H2,1-2H3,(H,21,22)/t10-/m1/s1. The van der Waals surface area contributed by atoms with Crippen molar-refractivity contribution in [3.63, 3.8) is 0 Å². The fourth-order valence-corrected chi connectivity index (χ4v) is 4.83. The molecule has 0 saturated carbocycles. The third-order valence-electron chi connectivity index (χ3n) is 4.31. The second-order valence-electron chi connectivity index (χ2n) is 5.83. The van der Waals surface area contributed by atoms with Crippen LogP contribution < -0.4 is 5.32 Å². The molecule has 0 spiro atoms. The topological polar surface area (TPSA) is 81.7 Å². The zero-order valence-corrected chi connectivity index (χ0v) is 16.8. The zero-order valence-electron chi connectivity index (χ0n) is 14.4. The minimum atomic E-state index is -0.624. The molecular weight excluding hydrogens is 413 g/mol. The molecule has 142 valence electrons. The number of nitrogens with one attached hydrogen (secondary N) is 1. The van der Waals surface area contributed by atoms with E-state index in [0.29, 0.717) is 28.4 Å². The van der Waals surface area contributed by atoms with Gasteiger partial charge in [-0.1, -0.05) is 23.2 Å². The number of thiophene rings is 1. The molecule has 1 N–H and O–H groups in total. The van der Waals surface area contributed by atoms with E-state index in [1.54, 1.807) is 6.07 Å². The van der Waals surface area contributed by atoms with Crippen LogP contribution in [0, 0.1) is 0 Å². The van der Waals surface area contributed by atoms with E-state index in [2.05, 4.69) is 5.32 Å². The summed E-state index contributed by atoms with van der Waals surface area (Å²) in [6.07, 6.45) is 1.16. The molecule has 6 nitrogen and oxygen atoms in total. The lowest BCUT2D eigenvalue weighted by molar-refractivity contribution is -0.142. The SMILES string of the molecule is COC(=O)c1c(NC(=O)c2ccc(Cl)cc2Cl)sc2c1[C@H](C(=O)OC)CC2. The molecule has 0 fully saturated rings. The molecule has 2 aromatic rings. The first-order chi connectivity index (χ1) is 12.9. The normalized spacial score (nSPS) is 15.2. The van der Waals surface area contributed by atoms with E-state index in [1.165, 1.54) is 37.7 Å². The quantitative estimate of drug-likeness (QED) is 0.735. The van der Waals surface area contributed by atoms with Gasteiger partial charge in [-0.3, -0.25) is 9.59 Å². The van der Waals surface area contributed by atoms with Gasteiger partial charge >= 0.3 is 11.9 Å². The Hall–Kier alpha value is -2.09. The van der Waals surface area contributed by atoms with Gasteiger partial charge in [0.15, 0.2) is 0 Å². The first kappa shape index (κ1) is 19.7. The molecule has 0 aliphatic heterocycles. The molecule has 0 bridgehead atoms. The van der Waals surface area contributed by atoms with Gasteiger partial charge < -0.3 is 14.8 Å². The smallest absolute Gasteiger partial charge is 0.341 e. The second kappa shape index (κ2) is 7.88. The average Bonchev–Trinajstić information content (AvgIpc) is 3.18. The molecule has 9 heteroatoms. The van der Waals surface area contributed by atoms with Gasteiger partial charge in [0.05, 0.1) is 36.3 Å². The van der Waals surface area contributed by atoms with Gasteiger partial charge in [-0.05, 0) is 36.6 Å². The van der Waals surface area contributed by atoms with E-state index in [1.807, 2.05) is 0 Å². The van der Waals surface area contributed by atoms with Gasteiger partial charge in [0, 0.05) is 9.90 Å². The first-order valence-electron chi connectivity index (χ1n) is 7.95. The highest BCUT2D eigenvalue weighted by Crippen LogP contribution is 2.46. The van der Waals surface area contributed by atoms with Crippen LogP contribution in [0.3, 0.4) is 0 Å². The third-order valence-corrected chi connectivity index (χ3v) is 6.04. The van der Waals surface area contributed by atoms with Crippen LogP contribution in [0.2, 0.25) is 10.0 Å². The van der Waals surface area contributed by atoms with Gasteiger partial charge in [-0.15, -0.1) is 11.3 Å². The Morgan fingerprint density at radius 3 is 2.56 bits per heavy atom. The Balaban J connectivity index is 2.00. The van der Waals surface area contributed by atoms with Gasteiger partial charge in [-0.25, -0.2) is 4.79 Å². The number of methoxy groups -OCH3 is 2. The van der Waals surface area contributed by atoms with Crippen molar-refractivity contribution in [2.24, 2.45) is 0 Å². The van der Waals surface area contributed by atoms with Crippen LogP contribution in [0.15, 0.2) is 18.2 Å². The van der Waals surface area contributed by atoms with E-state index in [0.717, 1.165) is 4.88 Å². The largest absolute Gasteiger partial charge is 0.469 e. The molecule has 1 amide bonds. The van der Waals surface area contributed by atoms with Crippen LogP contribution in [0.25, 0.3) is 0 Å². The van der Waals surface area contributed by atoms with E-state index in [4.69, 9.17) is 32.7 Å². The number of halogens is 2. The number of carbonyl (C=O) groups is 3. The van der Waals surface area contributed by atoms with Crippen LogP contribution in [0.4, 0.5) is 5.00 Å². The molecule has 1 atom stereocenters. The van der Waals surface area contributed by atoms with Gasteiger partial charge in [0.2, 0.25) is 0 Å². The maximum Gasteiger partial charge on any atom is 0.341 e. The summed E-state index contributed by atoms with van der Waals surface area (Å²) in [5, 5.41) is 3.62. The number of amides is 1. The van der Waals surface area contributed by atoms with E-state index < -0.39 is 23.8 Å². The summed E-state index contributed by atoms with van der Waals surface area (Å²) in [4.78, 5) is 37.9. The maximum atomic E-state index is 12.6. The molecule has 0 saturated heterocycles. The minimum absolute atomic E-state index is 0.184.